The summed E-state index contributed by atoms with van der Waals surface area (Å²) in [5.74, 6) is -0.101. The quantitative estimate of drug-likeness (QED) is 0.345. The molecule has 0 aliphatic heterocycles. The Hall–Kier alpha value is -1.16. The van der Waals surface area contributed by atoms with Gasteiger partial charge in [-0.3, -0.25) is 9.59 Å². The van der Waals surface area contributed by atoms with E-state index in [2.05, 4.69) is 10.8 Å². The van der Waals surface area contributed by atoms with Crippen LogP contribution in [0.5, 0.6) is 0 Å². The summed E-state index contributed by atoms with van der Waals surface area (Å²) in [5, 5.41) is 0. The number of thiophene rings is 1. The SMILES string of the molecule is COC(=O)CCCCCCCCCc1ccc(C=O)s1. The standard InChI is InChI=1S/C16H24O3S/c1-19-16(18)10-8-6-4-2-3-5-7-9-14-11-12-15(13-17)20-14/h11-13H,2-10H2,1H3. The van der Waals surface area contributed by atoms with Crippen molar-refractivity contribution in [2.24, 2.45) is 0 Å². The highest BCUT2D eigenvalue weighted by molar-refractivity contribution is 7.13. The number of esters is 1. The molecule has 0 spiro atoms. The van der Waals surface area contributed by atoms with E-state index in [0.717, 1.165) is 30.4 Å². The lowest BCUT2D eigenvalue weighted by Crippen LogP contribution is -1.99. The minimum atomic E-state index is -0.101. The largest absolute Gasteiger partial charge is 0.469 e. The van der Waals surface area contributed by atoms with Crippen molar-refractivity contribution in [1.82, 2.24) is 0 Å². The fourth-order valence-corrected chi connectivity index (χ4v) is 3.02. The van der Waals surface area contributed by atoms with Crippen LogP contribution in [-0.4, -0.2) is 19.4 Å². The Bertz CT molecular complexity index is 398. The lowest BCUT2D eigenvalue weighted by Gasteiger charge is -2.01. The predicted octanol–water partition coefficient (Wildman–Crippen LogP) is 4.40. The normalized spacial score (nSPS) is 10.4. The van der Waals surface area contributed by atoms with E-state index in [-0.39, 0.29) is 5.97 Å². The first-order valence-electron chi connectivity index (χ1n) is 7.37. The Kier molecular flexibility index (Phi) is 8.96. The van der Waals surface area contributed by atoms with Gasteiger partial charge in [-0.2, -0.15) is 0 Å². The minimum Gasteiger partial charge on any atom is -0.469 e. The lowest BCUT2D eigenvalue weighted by atomic mass is 10.1. The van der Waals surface area contributed by atoms with E-state index >= 15 is 0 Å². The van der Waals surface area contributed by atoms with Crippen molar-refractivity contribution in [1.29, 1.82) is 0 Å². The number of unbranched alkanes of at least 4 members (excludes halogenated alkanes) is 6. The van der Waals surface area contributed by atoms with E-state index < -0.39 is 0 Å². The Balaban J connectivity index is 1.90. The third-order valence-corrected chi connectivity index (χ3v) is 4.40. The number of carbonyl (C=O) groups excluding carboxylic acids is 2. The van der Waals surface area contributed by atoms with Gasteiger partial charge in [0.25, 0.3) is 0 Å². The first-order chi connectivity index (χ1) is 9.76. The molecule has 0 amide bonds. The van der Waals surface area contributed by atoms with E-state index in [0.29, 0.717) is 6.42 Å². The summed E-state index contributed by atoms with van der Waals surface area (Å²) in [5.41, 5.74) is 0. The average Bonchev–Trinajstić information content (AvgIpc) is 2.93. The van der Waals surface area contributed by atoms with Crippen LogP contribution < -0.4 is 0 Å². The summed E-state index contributed by atoms with van der Waals surface area (Å²) >= 11 is 1.60. The van der Waals surface area contributed by atoms with E-state index in [1.54, 1.807) is 11.3 Å². The average molecular weight is 296 g/mol. The Morgan fingerprint density at radius 3 is 2.35 bits per heavy atom. The number of ether oxygens (including phenoxy) is 1. The summed E-state index contributed by atoms with van der Waals surface area (Å²) in [6.07, 6.45) is 10.7. The van der Waals surface area contributed by atoms with Gasteiger partial charge < -0.3 is 4.74 Å². The second kappa shape index (κ2) is 10.6. The first kappa shape index (κ1) is 16.9. The van der Waals surface area contributed by atoms with Crippen LogP contribution in [0.1, 0.15) is 65.9 Å². The molecule has 0 saturated heterocycles. The van der Waals surface area contributed by atoms with Gasteiger partial charge in [-0.15, -0.1) is 11.3 Å². The molecule has 0 fully saturated rings. The van der Waals surface area contributed by atoms with Crippen molar-refractivity contribution in [2.45, 2.75) is 57.8 Å². The smallest absolute Gasteiger partial charge is 0.305 e. The van der Waals surface area contributed by atoms with Crippen LogP contribution in [0.4, 0.5) is 0 Å². The van der Waals surface area contributed by atoms with Gasteiger partial charge in [-0.25, -0.2) is 0 Å². The highest BCUT2D eigenvalue weighted by Gasteiger charge is 2.00. The molecule has 1 aromatic heterocycles. The summed E-state index contributed by atoms with van der Waals surface area (Å²) in [6.45, 7) is 0. The number of hydrogen-bond acceptors (Lipinski definition) is 4. The molecule has 1 aromatic rings. The molecular weight excluding hydrogens is 272 g/mol. The van der Waals surface area contributed by atoms with Gasteiger partial charge in [0, 0.05) is 11.3 Å². The summed E-state index contributed by atoms with van der Waals surface area (Å²) in [7, 11) is 1.44. The van der Waals surface area contributed by atoms with Crippen LogP contribution in [0, 0.1) is 0 Å². The molecule has 0 radical (unpaired) electrons. The van der Waals surface area contributed by atoms with Crippen molar-refractivity contribution in [3.8, 4) is 0 Å². The molecule has 0 unspecified atom stereocenters. The monoisotopic (exact) mass is 296 g/mol. The zero-order valence-corrected chi connectivity index (χ0v) is 13.0. The summed E-state index contributed by atoms with van der Waals surface area (Å²) in [4.78, 5) is 23.6. The van der Waals surface area contributed by atoms with Gasteiger partial charge in [0.1, 0.15) is 0 Å². The molecule has 4 heteroatoms. The lowest BCUT2D eigenvalue weighted by molar-refractivity contribution is -0.140. The third-order valence-electron chi connectivity index (χ3n) is 3.33. The molecule has 0 N–H and O–H groups in total. The van der Waals surface area contributed by atoms with Crippen LogP contribution in [0.25, 0.3) is 0 Å². The molecule has 0 bridgehead atoms. The second-order valence-corrected chi connectivity index (χ2v) is 6.17. The number of aldehydes is 1. The molecule has 3 nitrogen and oxygen atoms in total. The molecule has 1 heterocycles. The number of rotatable bonds is 11. The predicted molar refractivity (Wildman–Crippen MR) is 82.4 cm³/mol. The van der Waals surface area contributed by atoms with Crippen LogP contribution in [0.2, 0.25) is 0 Å². The number of methoxy groups -OCH3 is 1. The zero-order chi connectivity index (χ0) is 14.6. The van der Waals surface area contributed by atoms with Gasteiger partial charge in [0.15, 0.2) is 6.29 Å². The van der Waals surface area contributed by atoms with Crippen LogP contribution in [0.3, 0.4) is 0 Å². The van der Waals surface area contributed by atoms with Crippen molar-refractivity contribution in [2.75, 3.05) is 7.11 Å². The summed E-state index contributed by atoms with van der Waals surface area (Å²) < 4.78 is 4.60. The Morgan fingerprint density at radius 2 is 1.75 bits per heavy atom. The molecular formula is C16H24O3S. The van der Waals surface area contributed by atoms with Crippen LogP contribution >= 0.6 is 11.3 Å². The second-order valence-electron chi connectivity index (χ2n) is 4.97. The Labute approximate surface area is 125 Å². The molecule has 112 valence electrons. The molecule has 0 aliphatic carbocycles. The van der Waals surface area contributed by atoms with Gasteiger partial charge in [-0.05, 0) is 31.4 Å². The molecule has 0 aromatic carbocycles. The van der Waals surface area contributed by atoms with Crippen LogP contribution in [0.15, 0.2) is 12.1 Å². The highest BCUT2D eigenvalue weighted by Crippen LogP contribution is 2.18. The molecule has 0 saturated carbocycles. The van der Waals surface area contributed by atoms with Crippen molar-refractivity contribution in [3.63, 3.8) is 0 Å². The molecule has 0 aliphatic rings. The first-order valence-corrected chi connectivity index (χ1v) is 8.18. The fraction of sp³-hybridized carbons (Fsp3) is 0.625. The van der Waals surface area contributed by atoms with Gasteiger partial charge in [-0.1, -0.05) is 32.1 Å². The third kappa shape index (κ3) is 7.43. The molecule has 20 heavy (non-hydrogen) atoms. The van der Waals surface area contributed by atoms with Crippen molar-refractivity contribution < 1.29 is 14.3 Å². The topological polar surface area (TPSA) is 43.4 Å². The van der Waals surface area contributed by atoms with Crippen molar-refractivity contribution >= 4 is 23.6 Å². The maximum absolute atomic E-state index is 10.9. The number of carbonyl (C=O) groups is 2. The summed E-state index contributed by atoms with van der Waals surface area (Å²) in [6, 6.07) is 3.95. The van der Waals surface area contributed by atoms with Crippen molar-refractivity contribution in [3.05, 3.63) is 21.9 Å². The molecule has 1 rings (SSSR count). The minimum absolute atomic E-state index is 0.101. The van der Waals surface area contributed by atoms with Gasteiger partial charge in [0.2, 0.25) is 0 Å². The van der Waals surface area contributed by atoms with E-state index in [1.807, 2.05) is 6.07 Å². The number of hydrogen-bond donors (Lipinski definition) is 0. The van der Waals surface area contributed by atoms with E-state index in [9.17, 15) is 9.59 Å². The zero-order valence-electron chi connectivity index (χ0n) is 12.2. The molecule has 0 atom stereocenters. The Morgan fingerprint density at radius 1 is 1.10 bits per heavy atom. The highest BCUT2D eigenvalue weighted by atomic mass is 32.1. The van der Waals surface area contributed by atoms with E-state index in [1.165, 1.54) is 44.1 Å². The van der Waals surface area contributed by atoms with Gasteiger partial charge >= 0.3 is 5.97 Å². The number of aryl methyl sites for hydroxylation is 1. The van der Waals surface area contributed by atoms with Crippen LogP contribution in [-0.2, 0) is 16.0 Å². The van der Waals surface area contributed by atoms with Gasteiger partial charge in [0.05, 0.1) is 12.0 Å². The maximum atomic E-state index is 10.9. The fourth-order valence-electron chi connectivity index (χ4n) is 2.15. The maximum Gasteiger partial charge on any atom is 0.305 e. The van der Waals surface area contributed by atoms with E-state index in [4.69, 9.17) is 0 Å².